The third kappa shape index (κ3) is 2.44. The number of nitrogens with zero attached hydrogens (tertiary/aromatic N) is 4. The van der Waals surface area contributed by atoms with Gasteiger partial charge in [0, 0.05) is 5.56 Å². The van der Waals surface area contributed by atoms with Gasteiger partial charge in [0.05, 0.1) is 26.4 Å². The molecule has 106 valence electrons. The number of hydrogen-bond acceptors (Lipinski definition) is 4. The number of nitrogens with two attached hydrogens (primary N) is 1. The van der Waals surface area contributed by atoms with Gasteiger partial charge in [-0.15, -0.1) is 5.10 Å². The zero-order valence-corrected chi connectivity index (χ0v) is 12.7. The Bertz CT molecular complexity index is 749. The number of nitrogen functional groups attached to an aromatic ring is 1. The van der Waals surface area contributed by atoms with Gasteiger partial charge in [0.25, 0.3) is 0 Å². The van der Waals surface area contributed by atoms with Gasteiger partial charge in [-0.25, -0.2) is 0 Å². The van der Waals surface area contributed by atoms with Crippen molar-refractivity contribution in [1.82, 2.24) is 20.2 Å². The molecule has 0 saturated heterocycles. The zero-order valence-electron chi connectivity index (χ0n) is 10.5. The first kappa shape index (κ1) is 14.1. The summed E-state index contributed by atoms with van der Waals surface area (Å²) >= 11 is 18.3. The minimum atomic E-state index is 0.355. The number of rotatable bonds is 2. The molecule has 8 heteroatoms. The molecule has 1 heterocycles. The topological polar surface area (TPSA) is 69.6 Å². The maximum atomic E-state index is 6.21. The van der Waals surface area contributed by atoms with Crippen molar-refractivity contribution in [2.45, 2.75) is 0 Å². The molecule has 0 radical (unpaired) electrons. The predicted octanol–water partition coefficient (Wildman–Crippen LogP) is 3.87. The lowest BCUT2D eigenvalue weighted by Gasteiger charge is -2.09. The zero-order chi connectivity index (χ0) is 15.0. The van der Waals surface area contributed by atoms with E-state index in [9.17, 15) is 0 Å². The standard InChI is InChI=1S/C13H8Cl3N5/c14-8-4-2-6-10(11(8)16)21-13(18-19-20-21)7-3-1-5-9(15)12(7)17/h1-6H,17H2. The molecule has 3 rings (SSSR count). The normalized spacial score (nSPS) is 10.8. The van der Waals surface area contributed by atoms with E-state index >= 15 is 0 Å². The van der Waals surface area contributed by atoms with Crippen LogP contribution in [0.2, 0.25) is 15.1 Å². The number of halogens is 3. The molecule has 0 bridgehead atoms. The molecule has 1 aromatic heterocycles. The van der Waals surface area contributed by atoms with Crippen molar-refractivity contribution in [3.05, 3.63) is 51.5 Å². The van der Waals surface area contributed by atoms with Crippen LogP contribution in [0.15, 0.2) is 36.4 Å². The minimum Gasteiger partial charge on any atom is -0.397 e. The SMILES string of the molecule is Nc1c(Cl)cccc1-c1nnnn1-c1cccc(Cl)c1Cl. The van der Waals surface area contributed by atoms with E-state index in [2.05, 4.69) is 15.5 Å². The highest BCUT2D eigenvalue weighted by Crippen LogP contribution is 2.33. The molecule has 2 N–H and O–H groups in total. The summed E-state index contributed by atoms with van der Waals surface area (Å²) in [5.74, 6) is 0.430. The monoisotopic (exact) mass is 339 g/mol. The van der Waals surface area contributed by atoms with Crippen molar-refractivity contribution >= 4 is 40.5 Å². The molecule has 0 unspecified atom stereocenters. The summed E-state index contributed by atoms with van der Waals surface area (Å²) in [6, 6.07) is 10.5. The first-order valence-corrected chi connectivity index (χ1v) is 7.00. The molecule has 0 fully saturated rings. The smallest absolute Gasteiger partial charge is 0.189 e. The maximum Gasteiger partial charge on any atom is 0.189 e. The average Bonchev–Trinajstić information content (AvgIpc) is 2.94. The van der Waals surface area contributed by atoms with Crippen LogP contribution in [0, 0.1) is 0 Å². The molecule has 0 aliphatic rings. The number of aromatic nitrogens is 4. The van der Waals surface area contributed by atoms with Crippen LogP contribution >= 0.6 is 34.8 Å². The third-order valence-electron chi connectivity index (χ3n) is 2.92. The molecular weight excluding hydrogens is 333 g/mol. The van der Waals surface area contributed by atoms with Crippen molar-refractivity contribution in [3.8, 4) is 17.1 Å². The lowest BCUT2D eigenvalue weighted by Crippen LogP contribution is -2.02. The molecule has 5 nitrogen and oxygen atoms in total. The van der Waals surface area contributed by atoms with Gasteiger partial charge in [-0.2, -0.15) is 4.68 Å². The minimum absolute atomic E-state index is 0.355. The summed E-state index contributed by atoms with van der Waals surface area (Å²) in [6.07, 6.45) is 0. The van der Waals surface area contributed by atoms with E-state index in [4.69, 9.17) is 40.5 Å². The number of tetrazole rings is 1. The summed E-state index contributed by atoms with van der Waals surface area (Å²) in [5.41, 5.74) is 7.56. The van der Waals surface area contributed by atoms with Gasteiger partial charge in [-0.3, -0.25) is 0 Å². The highest BCUT2D eigenvalue weighted by molar-refractivity contribution is 6.43. The van der Waals surface area contributed by atoms with E-state index < -0.39 is 0 Å². The Balaban J connectivity index is 2.22. The lowest BCUT2D eigenvalue weighted by molar-refractivity contribution is 0.791. The van der Waals surface area contributed by atoms with Crippen LogP contribution in [0.3, 0.4) is 0 Å². The van der Waals surface area contributed by atoms with Crippen LogP contribution in [-0.2, 0) is 0 Å². The van der Waals surface area contributed by atoms with E-state index in [1.807, 2.05) is 0 Å². The molecule has 2 aromatic carbocycles. The van der Waals surface area contributed by atoms with E-state index in [1.54, 1.807) is 36.4 Å². The van der Waals surface area contributed by atoms with E-state index in [1.165, 1.54) is 4.68 Å². The van der Waals surface area contributed by atoms with Crippen LogP contribution in [0.1, 0.15) is 0 Å². The van der Waals surface area contributed by atoms with Gasteiger partial charge in [0.2, 0.25) is 0 Å². The summed E-state index contributed by atoms with van der Waals surface area (Å²) in [5, 5.41) is 12.8. The molecule has 0 aliphatic heterocycles. The largest absolute Gasteiger partial charge is 0.397 e. The van der Waals surface area contributed by atoms with Crippen LogP contribution in [0.25, 0.3) is 17.1 Å². The Labute approximate surface area is 135 Å². The Kier molecular flexibility index (Phi) is 3.71. The highest BCUT2D eigenvalue weighted by Gasteiger charge is 2.17. The average molecular weight is 341 g/mol. The molecule has 0 spiro atoms. The number of anilines is 1. The second kappa shape index (κ2) is 5.52. The number of hydrogen-bond donors (Lipinski definition) is 1. The Morgan fingerprint density at radius 3 is 2.48 bits per heavy atom. The Morgan fingerprint density at radius 2 is 1.67 bits per heavy atom. The fourth-order valence-corrected chi connectivity index (χ4v) is 2.46. The van der Waals surface area contributed by atoms with Crippen molar-refractivity contribution in [1.29, 1.82) is 0 Å². The molecule has 0 atom stereocenters. The first-order valence-electron chi connectivity index (χ1n) is 5.86. The van der Waals surface area contributed by atoms with E-state index in [-0.39, 0.29) is 0 Å². The van der Waals surface area contributed by atoms with Crippen molar-refractivity contribution in [2.75, 3.05) is 5.73 Å². The van der Waals surface area contributed by atoms with Crippen molar-refractivity contribution in [2.24, 2.45) is 0 Å². The van der Waals surface area contributed by atoms with E-state index in [0.29, 0.717) is 37.8 Å². The first-order chi connectivity index (χ1) is 10.1. The number of benzene rings is 2. The van der Waals surface area contributed by atoms with E-state index in [0.717, 1.165) is 0 Å². The van der Waals surface area contributed by atoms with Gasteiger partial charge in [-0.1, -0.05) is 46.9 Å². The van der Waals surface area contributed by atoms with Gasteiger partial charge < -0.3 is 5.73 Å². The summed E-state index contributed by atoms with van der Waals surface area (Å²) in [7, 11) is 0. The van der Waals surface area contributed by atoms with Gasteiger partial charge >= 0.3 is 0 Å². The fourth-order valence-electron chi connectivity index (χ4n) is 1.91. The Morgan fingerprint density at radius 1 is 0.952 bits per heavy atom. The van der Waals surface area contributed by atoms with Crippen molar-refractivity contribution < 1.29 is 0 Å². The molecule has 21 heavy (non-hydrogen) atoms. The molecule has 0 amide bonds. The van der Waals surface area contributed by atoms with Crippen molar-refractivity contribution in [3.63, 3.8) is 0 Å². The summed E-state index contributed by atoms with van der Waals surface area (Å²) in [6.45, 7) is 0. The maximum absolute atomic E-state index is 6.21. The molecule has 0 aliphatic carbocycles. The van der Waals surface area contributed by atoms with Crippen LogP contribution in [0.4, 0.5) is 5.69 Å². The van der Waals surface area contributed by atoms with Crippen LogP contribution < -0.4 is 5.73 Å². The lowest BCUT2D eigenvalue weighted by atomic mass is 10.1. The highest BCUT2D eigenvalue weighted by atomic mass is 35.5. The fraction of sp³-hybridized carbons (Fsp3) is 0. The summed E-state index contributed by atoms with van der Waals surface area (Å²) < 4.78 is 1.47. The number of para-hydroxylation sites is 1. The Hall–Kier alpha value is -1.82. The molecule has 0 saturated carbocycles. The molecule has 3 aromatic rings. The third-order valence-corrected chi connectivity index (χ3v) is 4.06. The second-order valence-corrected chi connectivity index (χ2v) is 5.38. The van der Waals surface area contributed by atoms with Gasteiger partial charge in [-0.05, 0) is 34.7 Å². The van der Waals surface area contributed by atoms with Gasteiger partial charge in [0.15, 0.2) is 5.82 Å². The van der Waals surface area contributed by atoms with Crippen LogP contribution in [0.5, 0.6) is 0 Å². The quantitative estimate of drug-likeness (QED) is 0.719. The van der Waals surface area contributed by atoms with Crippen LogP contribution in [-0.4, -0.2) is 20.2 Å². The van der Waals surface area contributed by atoms with Gasteiger partial charge in [0.1, 0.15) is 0 Å². The summed E-state index contributed by atoms with van der Waals surface area (Å²) in [4.78, 5) is 0. The predicted molar refractivity (Wildman–Crippen MR) is 84.0 cm³/mol. The molecular formula is C13H8Cl3N5. The second-order valence-electron chi connectivity index (χ2n) is 4.19.